The molecular weight excluding hydrogens is 282 g/mol. The van der Waals surface area contributed by atoms with Crippen LogP contribution in [0, 0.1) is 0 Å². The molecule has 2 aliphatic heterocycles. The second-order valence-electron chi connectivity index (χ2n) is 5.53. The minimum absolute atomic E-state index is 0.0566. The monoisotopic (exact) mass is 303 g/mol. The highest BCUT2D eigenvalue weighted by molar-refractivity contribution is 5.94. The molecule has 118 valence electrons. The van der Waals surface area contributed by atoms with Crippen LogP contribution < -0.4 is 10.3 Å². The van der Waals surface area contributed by atoms with Crippen molar-refractivity contribution in [1.29, 1.82) is 0 Å². The predicted octanol–water partition coefficient (Wildman–Crippen LogP) is 1.42. The molecule has 0 aromatic heterocycles. The third-order valence-electron chi connectivity index (χ3n) is 3.78. The Labute approximate surface area is 130 Å². The van der Waals surface area contributed by atoms with Crippen molar-refractivity contribution in [2.24, 2.45) is 5.10 Å². The maximum absolute atomic E-state index is 12.1. The zero-order valence-electron chi connectivity index (χ0n) is 12.7. The van der Waals surface area contributed by atoms with Gasteiger partial charge in [-0.2, -0.15) is 5.10 Å². The zero-order valence-corrected chi connectivity index (χ0v) is 12.7. The van der Waals surface area contributed by atoms with Gasteiger partial charge in [-0.1, -0.05) is 0 Å². The molecule has 0 unspecified atom stereocenters. The Hall–Kier alpha value is -1.92. The van der Waals surface area contributed by atoms with Crippen LogP contribution in [0.3, 0.4) is 0 Å². The first-order chi connectivity index (χ1) is 10.7. The lowest BCUT2D eigenvalue weighted by Crippen LogP contribution is -2.39. The van der Waals surface area contributed by atoms with Crippen molar-refractivity contribution >= 4 is 17.3 Å². The van der Waals surface area contributed by atoms with E-state index in [2.05, 4.69) is 10.4 Å². The van der Waals surface area contributed by atoms with Gasteiger partial charge in [0.2, 0.25) is 0 Å². The molecule has 0 radical (unpaired) electrons. The average Bonchev–Trinajstić information content (AvgIpc) is 3.00. The summed E-state index contributed by atoms with van der Waals surface area (Å²) in [5.41, 5.74) is 2.79. The summed E-state index contributed by atoms with van der Waals surface area (Å²) in [7, 11) is 0. The van der Waals surface area contributed by atoms with Crippen molar-refractivity contribution in [1.82, 2.24) is 5.32 Å². The number of nitrogens with zero attached hydrogens (tertiary/aromatic N) is 2. The quantitative estimate of drug-likeness (QED) is 0.913. The maximum Gasteiger partial charge on any atom is 0.251 e. The fourth-order valence-corrected chi connectivity index (χ4v) is 2.51. The lowest BCUT2D eigenvalue weighted by molar-refractivity contribution is -0.0855. The van der Waals surface area contributed by atoms with Gasteiger partial charge < -0.3 is 14.8 Å². The van der Waals surface area contributed by atoms with Gasteiger partial charge in [-0.15, -0.1) is 0 Å². The Bertz CT molecular complexity index is 550. The number of hydrogen-bond acceptors (Lipinski definition) is 5. The third kappa shape index (κ3) is 3.64. The fourth-order valence-electron chi connectivity index (χ4n) is 2.51. The van der Waals surface area contributed by atoms with Gasteiger partial charge in [-0.3, -0.25) is 9.80 Å². The minimum atomic E-state index is -0.0955. The molecule has 3 rings (SSSR count). The number of ether oxygens (including phenoxy) is 2. The van der Waals surface area contributed by atoms with Crippen LogP contribution in [0.1, 0.15) is 23.7 Å². The van der Waals surface area contributed by atoms with Crippen molar-refractivity contribution in [3.05, 3.63) is 29.8 Å². The van der Waals surface area contributed by atoms with Gasteiger partial charge in [0, 0.05) is 30.8 Å². The van der Waals surface area contributed by atoms with Gasteiger partial charge in [-0.05, 0) is 31.2 Å². The van der Waals surface area contributed by atoms with E-state index in [1.54, 1.807) is 0 Å². The molecule has 1 amide bonds. The number of hydrazone groups is 1. The number of hydrogen-bond donors (Lipinski definition) is 1. The molecule has 2 heterocycles. The summed E-state index contributed by atoms with van der Waals surface area (Å²) in [6, 6.07) is 7.51. The van der Waals surface area contributed by atoms with E-state index in [1.165, 1.54) is 0 Å². The highest BCUT2D eigenvalue weighted by Crippen LogP contribution is 2.19. The third-order valence-corrected chi connectivity index (χ3v) is 3.78. The van der Waals surface area contributed by atoms with E-state index in [9.17, 15) is 4.79 Å². The normalized spacial score (nSPS) is 21.6. The standard InChI is InChI=1S/C16H21N3O3/c1-12-6-7-19(18-12)14-4-2-13(3-5-14)16(20)17-10-15-11-21-8-9-22-15/h2-5,15H,6-11H2,1H3,(H,17,20)/t15-/m1/s1. The summed E-state index contributed by atoms with van der Waals surface area (Å²) < 4.78 is 10.8. The Morgan fingerprint density at radius 2 is 2.18 bits per heavy atom. The number of carbonyl (C=O) groups is 1. The molecule has 22 heavy (non-hydrogen) atoms. The van der Waals surface area contributed by atoms with Crippen LogP contribution in [0.5, 0.6) is 0 Å². The second kappa shape index (κ2) is 6.89. The van der Waals surface area contributed by atoms with Gasteiger partial charge in [0.1, 0.15) is 0 Å². The van der Waals surface area contributed by atoms with Gasteiger partial charge in [0.25, 0.3) is 5.91 Å². The SMILES string of the molecule is CC1=NN(c2ccc(C(=O)NC[C@@H]3COCCO3)cc2)CC1. The molecule has 1 saturated heterocycles. The first-order valence-electron chi connectivity index (χ1n) is 7.61. The molecule has 6 nitrogen and oxygen atoms in total. The Morgan fingerprint density at radius 3 is 2.82 bits per heavy atom. The smallest absolute Gasteiger partial charge is 0.251 e. The number of nitrogens with one attached hydrogen (secondary N) is 1. The van der Waals surface area contributed by atoms with Crippen LogP contribution in [0.15, 0.2) is 29.4 Å². The van der Waals surface area contributed by atoms with Crippen LogP contribution in [-0.2, 0) is 9.47 Å². The van der Waals surface area contributed by atoms with Crippen molar-refractivity contribution in [2.45, 2.75) is 19.4 Å². The van der Waals surface area contributed by atoms with Gasteiger partial charge in [0.05, 0.1) is 31.6 Å². The van der Waals surface area contributed by atoms with E-state index in [1.807, 2.05) is 36.2 Å². The van der Waals surface area contributed by atoms with Crippen LogP contribution in [0.2, 0.25) is 0 Å². The molecule has 0 spiro atoms. The molecule has 2 aliphatic rings. The van der Waals surface area contributed by atoms with Crippen LogP contribution >= 0.6 is 0 Å². The maximum atomic E-state index is 12.1. The minimum Gasteiger partial charge on any atom is -0.376 e. The molecule has 0 aliphatic carbocycles. The molecular formula is C16H21N3O3. The molecule has 1 N–H and O–H groups in total. The molecule has 1 aromatic carbocycles. The van der Waals surface area contributed by atoms with Crippen molar-refractivity contribution < 1.29 is 14.3 Å². The number of rotatable bonds is 4. The van der Waals surface area contributed by atoms with Gasteiger partial charge in [0.15, 0.2) is 0 Å². The average molecular weight is 303 g/mol. The van der Waals surface area contributed by atoms with Crippen LogP contribution in [0.4, 0.5) is 5.69 Å². The Kier molecular flexibility index (Phi) is 4.70. The van der Waals surface area contributed by atoms with E-state index in [0.29, 0.717) is 31.9 Å². The van der Waals surface area contributed by atoms with Crippen molar-refractivity contribution in [3.8, 4) is 0 Å². The molecule has 0 bridgehead atoms. The van der Waals surface area contributed by atoms with Crippen molar-refractivity contribution in [2.75, 3.05) is 37.9 Å². The largest absolute Gasteiger partial charge is 0.376 e. The summed E-state index contributed by atoms with van der Waals surface area (Å²) in [5.74, 6) is -0.0955. The fraction of sp³-hybridized carbons (Fsp3) is 0.500. The highest BCUT2D eigenvalue weighted by atomic mass is 16.6. The zero-order chi connectivity index (χ0) is 15.4. The second-order valence-corrected chi connectivity index (χ2v) is 5.53. The summed E-state index contributed by atoms with van der Waals surface area (Å²) in [6.07, 6.45) is 0.935. The first-order valence-corrected chi connectivity index (χ1v) is 7.61. The molecule has 1 atom stereocenters. The molecule has 0 saturated carbocycles. The van der Waals surface area contributed by atoms with Crippen molar-refractivity contribution in [3.63, 3.8) is 0 Å². The topological polar surface area (TPSA) is 63.2 Å². The van der Waals surface area contributed by atoms with Crippen LogP contribution in [-0.4, -0.2) is 50.6 Å². The highest BCUT2D eigenvalue weighted by Gasteiger charge is 2.16. The Morgan fingerprint density at radius 1 is 1.36 bits per heavy atom. The van der Waals surface area contributed by atoms with E-state index in [-0.39, 0.29) is 12.0 Å². The summed E-state index contributed by atoms with van der Waals surface area (Å²) in [5, 5.41) is 9.29. The van der Waals surface area contributed by atoms with E-state index in [4.69, 9.17) is 9.47 Å². The molecule has 6 heteroatoms. The lowest BCUT2D eigenvalue weighted by Gasteiger charge is -2.23. The van der Waals surface area contributed by atoms with Gasteiger partial charge >= 0.3 is 0 Å². The predicted molar refractivity (Wildman–Crippen MR) is 84.4 cm³/mol. The van der Waals surface area contributed by atoms with E-state index < -0.39 is 0 Å². The molecule has 1 aromatic rings. The first kappa shape index (κ1) is 15.0. The summed E-state index contributed by atoms with van der Waals surface area (Å²) in [4.78, 5) is 12.1. The van der Waals surface area contributed by atoms with E-state index in [0.717, 1.165) is 24.4 Å². The number of amides is 1. The number of benzene rings is 1. The van der Waals surface area contributed by atoms with Gasteiger partial charge in [-0.25, -0.2) is 0 Å². The number of carbonyl (C=O) groups excluding carboxylic acids is 1. The number of anilines is 1. The summed E-state index contributed by atoms with van der Waals surface area (Å²) in [6.45, 7) is 5.15. The summed E-state index contributed by atoms with van der Waals surface area (Å²) >= 11 is 0. The van der Waals surface area contributed by atoms with Crippen LogP contribution in [0.25, 0.3) is 0 Å². The van der Waals surface area contributed by atoms with E-state index >= 15 is 0 Å². The Balaban J connectivity index is 1.54. The lowest BCUT2D eigenvalue weighted by atomic mass is 10.2. The molecule has 1 fully saturated rings.